The average molecular weight is 324 g/mol. The van der Waals surface area contributed by atoms with Crippen molar-refractivity contribution in [1.82, 2.24) is 5.32 Å². The molecule has 0 amide bonds. The van der Waals surface area contributed by atoms with Crippen LogP contribution >= 0.6 is 35.0 Å². The van der Waals surface area contributed by atoms with Crippen LogP contribution < -0.4 is 5.32 Å². The first-order valence-corrected chi connectivity index (χ1v) is 7.82. The summed E-state index contributed by atoms with van der Waals surface area (Å²) in [6.45, 7) is 0. The fourth-order valence-electron chi connectivity index (χ4n) is 0.992. The van der Waals surface area contributed by atoms with Crippen molar-refractivity contribution < 1.29 is 8.42 Å². The maximum Gasteiger partial charge on any atom is 0.286 e. The second-order valence-electron chi connectivity index (χ2n) is 2.89. The number of nitrogens with one attached hydrogen (secondary N) is 1. The molecular weight excluding hydrogens is 317 g/mol. The predicted molar refractivity (Wildman–Crippen MR) is 73.3 cm³/mol. The monoisotopic (exact) mass is 323 g/mol. The maximum absolute atomic E-state index is 12.0. The first-order valence-electron chi connectivity index (χ1n) is 4.40. The molecule has 0 spiro atoms. The summed E-state index contributed by atoms with van der Waals surface area (Å²) < 4.78 is 27.4. The van der Waals surface area contributed by atoms with Gasteiger partial charge in [-0.2, -0.15) is 13.7 Å². The van der Waals surface area contributed by atoms with Gasteiger partial charge in [-0.1, -0.05) is 35.0 Å². The lowest BCUT2D eigenvalue weighted by Gasteiger charge is -2.04. The van der Waals surface area contributed by atoms with Crippen LogP contribution in [0.15, 0.2) is 27.5 Å². The van der Waals surface area contributed by atoms with E-state index in [2.05, 4.69) is 9.71 Å². The van der Waals surface area contributed by atoms with Crippen molar-refractivity contribution in [1.29, 1.82) is 5.26 Å². The van der Waals surface area contributed by atoms with Crippen LogP contribution in [0.25, 0.3) is 0 Å². The molecule has 1 rings (SSSR count). The molecule has 9 heteroatoms. The fourth-order valence-corrected chi connectivity index (χ4v) is 3.33. The molecule has 0 atom stereocenters. The van der Waals surface area contributed by atoms with Crippen molar-refractivity contribution in [3.8, 4) is 6.19 Å². The lowest BCUT2D eigenvalue weighted by molar-refractivity contribution is 0.598. The molecule has 0 bridgehead atoms. The van der Waals surface area contributed by atoms with Crippen LogP contribution in [0.5, 0.6) is 0 Å². The van der Waals surface area contributed by atoms with Gasteiger partial charge in [0, 0.05) is 5.02 Å². The van der Waals surface area contributed by atoms with E-state index in [9.17, 15) is 8.42 Å². The number of amidine groups is 1. The smallest absolute Gasteiger partial charge is 0.271 e. The zero-order valence-electron chi connectivity index (χ0n) is 9.02. The summed E-state index contributed by atoms with van der Waals surface area (Å²) in [6, 6.07) is 4.03. The predicted octanol–water partition coefficient (Wildman–Crippen LogP) is 2.47. The molecule has 1 aromatic rings. The summed E-state index contributed by atoms with van der Waals surface area (Å²) in [5.41, 5.74) is 0. The lowest BCUT2D eigenvalue weighted by atomic mass is 10.4. The second-order valence-corrected chi connectivity index (χ2v) is 6.10. The van der Waals surface area contributed by atoms with E-state index in [1.807, 2.05) is 0 Å². The third-order valence-corrected chi connectivity index (χ3v) is 4.42. The van der Waals surface area contributed by atoms with Gasteiger partial charge in [-0.15, -0.1) is 4.40 Å². The molecule has 96 valence electrons. The molecule has 0 saturated heterocycles. The molecule has 0 aliphatic heterocycles. The quantitative estimate of drug-likeness (QED) is 0.391. The van der Waals surface area contributed by atoms with Gasteiger partial charge < -0.3 is 0 Å². The second kappa shape index (κ2) is 6.29. The van der Waals surface area contributed by atoms with Crippen LogP contribution in [0.1, 0.15) is 0 Å². The van der Waals surface area contributed by atoms with E-state index in [0.717, 1.165) is 11.8 Å². The van der Waals surface area contributed by atoms with E-state index in [0.29, 0.717) is 0 Å². The van der Waals surface area contributed by atoms with Gasteiger partial charge in [0.2, 0.25) is 0 Å². The highest BCUT2D eigenvalue weighted by Gasteiger charge is 2.18. The Morgan fingerprint density at radius 2 is 2.17 bits per heavy atom. The summed E-state index contributed by atoms with van der Waals surface area (Å²) in [5.74, 6) is 0. The van der Waals surface area contributed by atoms with Gasteiger partial charge in [-0.3, -0.25) is 5.32 Å². The minimum absolute atomic E-state index is 0.0144. The topological polar surface area (TPSA) is 82.3 Å². The molecular formula is C9H7Cl2N3O2S2. The van der Waals surface area contributed by atoms with E-state index in [1.54, 1.807) is 12.4 Å². The Hall–Kier alpha value is -0.940. The van der Waals surface area contributed by atoms with Gasteiger partial charge in [0.05, 0.1) is 5.02 Å². The van der Waals surface area contributed by atoms with Crippen LogP contribution in [-0.4, -0.2) is 19.8 Å². The summed E-state index contributed by atoms with van der Waals surface area (Å²) in [5, 5.41) is 10.8. The molecule has 0 radical (unpaired) electrons. The van der Waals surface area contributed by atoms with E-state index in [1.165, 1.54) is 18.2 Å². The zero-order valence-corrected chi connectivity index (χ0v) is 12.2. The molecule has 0 aliphatic carbocycles. The minimum atomic E-state index is -4.01. The molecule has 0 unspecified atom stereocenters. The lowest BCUT2D eigenvalue weighted by Crippen LogP contribution is -2.15. The molecule has 0 fully saturated rings. The van der Waals surface area contributed by atoms with Crippen LogP contribution in [0.4, 0.5) is 0 Å². The molecule has 0 aliphatic rings. The molecule has 5 nitrogen and oxygen atoms in total. The Kier molecular flexibility index (Phi) is 5.28. The van der Waals surface area contributed by atoms with Crippen LogP contribution in [-0.2, 0) is 10.0 Å². The summed E-state index contributed by atoms with van der Waals surface area (Å²) in [7, 11) is -4.01. The third kappa shape index (κ3) is 3.78. The number of halogens is 2. The van der Waals surface area contributed by atoms with Crippen molar-refractivity contribution in [2.45, 2.75) is 4.90 Å². The first-order chi connectivity index (χ1) is 8.40. The number of sulfonamides is 1. The van der Waals surface area contributed by atoms with E-state index < -0.39 is 10.0 Å². The van der Waals surface area contributed by atoms with Gasteiger partial charge in [0.25, 0.3) is 10.0 Å². The van der Waals surface area contributed by atoms with E-state index in [-0.39, 0.29) is 20.1 Å². The highest BCUT2D eigenvalue weighted by atomic mass is 35.5. The maximum atomic E-state index is 12.0. The summed E-state index contributed by atoms with van der Waals surface area (Å²) >= 11 is 12.5. The molecule has 1 aromatic carbocycles. The number of nitrogens with zero attached hydrogens (tertiary/aromatic N) is 2. The average Bonchev–Trinajstić information content (AvgIpc) is 2.31. The van der Waals surface area contributed by atoms with Crippen molar-refractivity contribution in [2.75, 3.05) is 6.26 Å². The third-order valence-electron chi connectivity index (χ3n) is 1.73. The number of nitriles is 1. The largest absolute Gasteiger partial charge is 0.286 e. The summed E-state index contributed by atoms with van der Waals surface area (Å²) in [4.78, 5) is -0.206. The van der Waals surface area contributed by atoms with Gasteiger partial charge in [-0.25, -0.2) is 0 Å². The Balaban J connectivity index is 3.30. The number of benzene rings is 1. The molecule has 18 heavy (non-hydrogen) atoms. The Morgan fingerprint density at radius 1 is 1.50 bits per heavy atom. The molecule has 1 N–H and O–H groups in total. The van der Waals surface area contributed by atoms with E-state index in [4.69, 9.17) is 28.5 Å². The van der Waals surface area contributed by atoms with Crippen LogP contribution in [0.3, 0.4) is 0 Å². The van der Waals surface area contributed by atoms with Crippen LogP contribution in [0.2, 0.25) is 10.0 Å². The van der Waals surface area contributed by atoms with Gasteiger partial charge >= 0.3 is 0 Å². The minimum Gasteiger partial charge on any atom is -0.271 e. The Morgan fingerprint density at radius 3 is 2.72 bits per heavy atom. The van der Waals surface area contributed by atoms with E-state index >= 15 is 0 Å². The standard InChI is InChI=1S/C9H7Cl2N3O2S2/c1-17-9(13-5-12)14-18(15,16)8-4-6(10)2-3-7(8)11/h2-4H,1H3,(H,13,14). The molecule has 0 aromatic heterocycles. The first kappa shape index (κ1) is 15.1. The molecule has 0 saturated carbocycles. The Labute approximate surface area is 119 Å². The summed E-state index contributed by atoms with van der Waals surface area (Å²) in [6.07, 6.45) is 3.18. The highest BCUT2D eigenvalue weighted by Crippen LogP contribution is 2.26. The SMILES string of the molecule is CS/C(=N/S(=O)(=O)c1cc(Cl)ccc1Cl)NC#N. The normalized spacial score (nSPS) is 12.0. The van der Waals surface area contributed by atoms with Crippen LogP contribution in [0, 0.1) is 11.5 Å². The zero-order chi connectivity index (χ0) is 13.8. The number of thioether (sulfide) groups is 1. The van der Waals surface area contributed by atoms with Gasteiger partial charge in [0.15, 0.2) is 11.4 Å². The number of rotatable bonds is 2. The van der Waals surface area contributed by atoms with Crippen molar-refractivity contribution in [3.05, 3.63) is 28.2 Å². The van der Waals surface area contributed by atoms with Gasteiger partial charge in [0.1, 0.15) is 4.90 Å². The molecule has 0 heterocycles. The fraction of sp³-hybridized carbons (Fsp3) is 0.111. The van der Waals surface area contributed by atoms with Crippen molar-refractivity contribution in [2.24, 2.45) is 4.40 Å². The highest BCUT2D eigenvalue weighted by molar-refractivity contribution is 8.13. The number of hydrogen-bond acceptors (Lipinski definition) is 4. The Bertz CT molecular complexity index is 623. The van der Waals surface area contributed by atoms with Crippen molar-refractivity contribution >= 4 is 50.2 Å². The van der Waals surface area contributed by atoms with Crippen molar-refractivity contribution in [3.63, 3.8) is 0 Å². The van der Waals surface area contributed by atoms with Gasteiger partial charge in [-0.05, 0) is 24.5 Å². The number of hydrogen-bond donors (Lipinski definition) is 1.